The molecule has 1 rings (SSSR count). The highest BCUT2D eigenvalue weighted by Gasteiger charge is 2.11. The molecule has 0 saturated carbocycles. The van der Waals surface area contributed by atoms with Crippen molar-refractivity contribution in [2.45, 2.75) is 52.4 Å². The van der Waals surface area contributed by atoms with Crippen molar-refractivity contribution in [3.05, 3.63) is 11.8 Å². The Morgan fingerprint density at radius 3 is 2.77 bits per heavy atom. The maximum Gasteiger partial charge on any atom is 0.0390 e. The van der Waals surface area contributed by atoms with Crippen LogP contribution in [0.2, 0.25) is 0 Å². The van der Waals surface area contributed by atoms with Crippen molar-refractivity contribution in [3.63, 3.8) is 0 Å². The standard InChI is InChI=1S/C12H21N/c1-3-5-8-11(4-2)12-9-6-7-10-13-12/h9-11H,3-8H2,1-2H3. The summed E-state index contributed by atoms with van der Waals surface area (Å²) in [6.45, 7) is 4.52. The van der Waals surface area contributed by atoms with Gasteiger partial charge in [-0.25, -0.2) is 0 Å². The fourth-order valence-corrected chi connectivity index (χ4v) is 1.81. The van der Waals surface area contributed by atoms with Crippen LogP contribution in [0.3, 0.4) is 0 Å². The zero-order valence-corrected chi connectivity index (χ0v) is 8.92. The number of allylic oxidation sites excluding steroid dienone is 2. The lowest BCUT2D eigenvalue weighted by Gasteiger charge is -2.17. The summed E-state index contributed by atoms with van der Waals surface area (Å²) in [5.74, 6) is 0.719. The molecular weight excluding hydrogens is 158 g/mol. The van der Waals surface area contributed by atoms with Crippen LogP contribution >= 0.6 is 0 Å². The Morgan fingerprint density at radius 1 is 1.38 bits per heavy atom. The van der Waals surface area contributed by atoms with E-state index in [0.717, 1.165) is 12.3 Å². The van der Waals surface area contributed by atoms with Gasteiger partial charge in [-0.05, 0) is 25.7 Å². The SMILES string of the molecule is CCCCC(CC)C1=CCCC=N1. The van der Waals surface area contributed by atoms with E-state index in [-0.39, 0.29) is 0 Å². The number of hydrogen-bond donors (Lipinski definition) is 0. The van der Waals surface area contributed by atoms with Crippen molar-refractivity contribution in [3.8, 4) is 0 Å². The molecule has 1 heterocycles. The summed E-state index contributed by atoms with van der Waals surface area (Å²) >= 11 is 0. The molecule has 1 aliphatic rings. The highest BCUT2D eigenvalue weighted by Crippen LogP contribution is 2.24. The zero-order chi connectivity index (χ0) is 9.52. The number of aliphatic imine (C=N–C) groups is 1. The summed E-state index contributed by atoms with van der Waals surface area (Å²) in [6, 6.07) is 0. The molecular formula is C12H21N. The van der Waals surface area contributed by atoms with Crippen LogP contribution in [0.1, 0.15) is 52.4 Å². The van der Waals surface area contributed by atoms with Crippen LogP contribution in [-0.4, -0.2) is 6.21 Å². The Kier molecular flexibility index (Phi) is 4.81. The lowest BCUT2D eigenvalue weighted by Crippen LogP contribution is -2.04. The van der Waals surface area contributed by atoms with Gasteiger partial charge in [0.1, 0.15) is 0 Å². The average molecular weight is 179 g/mol. The first-order chi connectivity index (χ1) is 6.38. The molecule has 0 spiro atoms. The molecule has 0 radical (unpaired) electrons. The van der Waals surface area contributed by atoms with Crippen LogP contribution in [0.5, 0.6) is 0 Å². The van der Waals surface area contributed by atoms with Crippen molar-refractivity contribution in [2.24, 2.45) is 10.9 Å². The molecule has 0 fully saturated rings. The second kappa shape index (κ2) is 5.95. The minimum Gasteiger partial charge on any atom is -0.266 e. The minimum absolute atomic E-state index is 0.719. The molecule has 0 aromatic heterocycles. The van der Waals surface area contributed by atoms with E-state index in [1.165, 1.54) is 37.8 Å². The number of nitrogens with zero attached hydrogens (tertiary/aromatic N) is 1. The first-order valence-corrected chi connectivity index (χ1v) is 5.61. The van der Waals surface area contributed by atoms with Gasteiger partial charge in [0.15, 0.2) is 0 Å². The second-order valence-corrected chi connectivity index (χ2v) is 3.77. The summed E-state index contributed by atoms with van der Waals surface area (Å²) < 4.78 is 0. The molecule has 13 heavy (non-hydrogen) atoms. The fourth-order valence-electron chi connectivity index (χ4n) is 1.81. The van der Waals surface area contributed by atoms with Crippen LogP contribution in [0, 0.1) is 5.92 Å². The van der Waals surface area contributed by atoms with Crippen LogP contribution in [-0.2, 0) is 0 Å². The van der Waals surface area contributed by atoms with Gasteiger partial charge in [-0.2, -0.15) is 0 Å². The molecule has 0 aromatic rings. The highest BCUT2D eigenvalue weighted by atomic mass is 14.7. The Bertz CT molecular complexity index is 191. The van der Waals surface area contributed by atoms with Crippen molar-refractivity contribution in [2.75, 3.05) is 0 Å². The maximum absolute atomic E-state index is 4.49. The van der Waals surface area contributed by atoms with Crippen LogP contribution in [0.15, 0.2) is 16.8 Å². The number of hydrogen-bond acceptors (Lipinski definition) is 1. The molecule has 1 unspecified atom stereocenters. The highest BCUT2D eigenvalue weighted by molar-refractivity contribution is 5.60. The van der Waals surface area contributed by atoms with Crippen LogP contribution < -0.4 is 0 Å². The molecule has 0 amide bonds. The average Bonchev–Trinajstić information content (AvgIpc) is 2.21. The minimum atomic E-state index is 0.719. The van der Waals surface area contributed by atoms with Crippen LogP contribution in [0.25, 0.3) is 0 Å². The van der Waals surface area contributed by atoms with Crippen LogP contribution in [0.4, 0.5) is 0 Å². The van der Waals surface area contributed by atoms with Gasteiger partial charge in [0, 0.05) is 17.8 Å². The molecule has 0 aromatic carbocycles. The predicted molar refractivity (Wildman–Crippen MR) is 59.1 cm³/mol. The van der Waals surface area contributed by atoms with E-state index < -0.39 is 0 Å². The summed E-state index contributed by atoms with van der Waals surface area (Å²) in [6.07, 6.45) is 11.9. The van der Waals surface area contributed by atoms with Gasteiger partial charge in [0.05, 0.1) is 0 Å². The third-order valence-corrected chi connectivity index (χ3v) is 2.71. The van der Waals surface area contributed by atoms with Gasteiger partial charge >= 0.3 is 0 Å². The molecule has 1 atom stereocenters. The maximum atomic E-state index is 4.49. The van der Waals surface area contributed by atoms with Gasteiger partial charge in [-0.1, -0.05) is 32.8 Å². The number of rotatable bonds is 5. The van der Waals surface area contributed by atoms with Gasteiger partial charge < -0.3 is 0 Å². The molecule has 0 bridgehead atoms. The molecule has 1 aliphatic heterocycles. The van der Waals surface area contributed by atoms with E-state index in [9.17, 15) is 0 Å². The molecule has 1 heteroatoms. The summed E-state index contributed by atoms with van der Waals surface area (Å²) in [5.41, 5.74) is 1.35. The van der Waals surface area contributed by atoms with Gasteiger partial charge in [0.2, 0.25) is 0 Å². The van der Waals surface area contributed by atoms with E-state index in [0.29, 0.717) is 0 Å². The van der Waals surface area contributed by atoms with Gasteiger partial charge in [0.25, 0.3) is 0 Å². The lowest BCUT2D eigenvalue weighted by atomic mass is 9.94. The van der Waals surface area contributed by atoms with Crippen molar-refractivity contribution in [1.29, 1.82) is 0 Å². The summed E-state index contributed by atoms with van der Waals surface area (Å²) in [5, 5.41) is 0. The smallest absolute Gasteiger partial charge is 0.0390 e. The van der Waals surface area contributed by atoms with Crippen molar-refractivity contribution >= 4 is 6.21 Å². The zero-order valence-electron chi connectivity index (χ0n) is 8.92. The summed E-state index contributed by atoms with van der Waals surface area (Å²) in [7, 11) is 0. The van der Waals surface area contributed by atoms with E-state index in [1.807, 2.05) is 0 Å². The Balaban J connectivity index is 2.44. The third-order valence-electron chi connectivity index (χ3n) is 2.71. The van der Waals surface area contributed by atoms with Gasteiger partial charge in [-0.15, -0.1) is 0 Å². The third kappa shape index (κ3) is 3.33. The fraction of sp³-hybridized carbons (Fsp3) is 0.750. The quantitative estimate of drug-likeness (QED) is 0.606. The topological polar surface area (TPSA) is 12.4 Å². The van der Waals surface area contributed by atoms with Gasteiger partial charge in [-0.3, -0.25) is 4.99 Å². The summed E-state index contributed by atoms with van der Waals surface area (Å²) in [4.78, 5) is 4.49. The van der Waals surface area contributed by atoms with Crippen molar-refractivity contribution < 1.29 is 0 Å². The lowest BCUT2D eigenvalue weighted by molar-refractivity contribution is 0.508. The second-order valence-electron chi connectivity index (χ2n) is 3.77. The molecule has 1 nitrogen and oxygen atoms in total. The van der Waals surface area contributed by atoms with E-state index in [4.69, 9.17) is 0 Å². The predicted octanol–water partition coefficient (Wildman–Crippen LogP) is 3.95. The normalized spacial score (nSPS) is 18.5. The van der Waals surface area contributed by atoms with E-state index >= 15 is 0 Å². The molecule has 0 aliphatic carbocycles. The monoisotopic (exact) mass is 179 g/mol. The largest absolute Gasteiger partial charge is 0.266 e. The molecule has 0 N–H and O–H groups in total. The number of unbranched alkanes of at least 4 members (excludes halogenated alkanes) is 1. The van der Waals surface area contributed by atoms with E-state index in [2.05, 4.69) is 31.1 Å². The Hall–Kier alpha value is -0.590. The Labute approximate surface area is 82.0 Å². The van der Waals surface area contributed by atoms with Crippen molar-refractivity contribution in [1.82, 2.24) is 0 Å². The van der Waals surface area contributed by atoms with E-state index in [1.54, 1.807) is 0 Å². The first-order valence-electron chi connectivity index (χ1n) is 5.61. The Morgan fingerprint density at radius 2 is 2.23 bits per heavy atom. The molecule has 0 saturated heterocycles. The molecule has 74 valence electrons. The first kappa shape index (κ1) is 10.5.